The van der Waals surface area contributed by atoms with Crippen molar-refractivity contribution in [1.82, 2.24) is 0 Å². The summed E-state index contributed by atoms with van der Waals surface area (Å²) in [5, 5.41) is 8.84. The highest BCUT2D eigenvalue weighted by molar-refractivity contribution is 6.17. The van der Waals surface area contributed by atoms with Crippen LogP contribution in [-0.4, -0.2) is 17.6 Å². The first kappa shape index (κ1) is 16.0. The molecule has 0 aliphatic carbocycles. The van der Waals surface area contributed by atoms with Crippen LogP contribution in [0.15, 0.2) is 42.0 Å². The molecular formula is C17H23ClO. The van der Waals surface area contributed by atoms with Crippen LogP contribution in [0.25, 0.3) is 6.08 Å². The number of benzene rings is 1. The zero-order chi connectivity index (χ0) is 13.9. The lowest BCUT2D eigenvalue weighted by Gasteiger charge is -2.05. The van der Waals surface area contributed by atoms with Gasteiger partial charge in [-0.1, -0.05) is 48.1 Å². The summed E-state index contributed by atoms with van der Waals surface area (Å²) in [6, 6.07) is 8.34. The Kier molecular flexibility index (Phi) is 8.28. The van der Waals surface area contributed by atoms with Gasteiger partial charge >= 0.3 is 0 Å². The Balaban J connectivity index is 2.55. The predicted molar refractivity (Wildman–Crippen MR) is 84.6 cm³/mol. The molecule has 1 aromatic carbocycles. The lowest BCUT2D eigenvalue weighted by Crippen LogP contribution is -1.89. The van der Waals surface area contributed by atoms with Crippen molar-refractivity contribution in [2.24, 2.45) is 0 Å². The summed E-state index contributed by atoms with van der Waals surface area (Å²) in [7, 11) is 0. The molecule has 0 aliphatic rings. The maximum atomic E-state index is 8.84. The summed E-state index contributed by atoms with van der Waals surface area (Å²) in [6.45, 7) is 2.26. The van der Waals surface area contributed by atoms with Crippen molar-refractivity contribution >= 4 is 17.7 Å². The largest absolute Gasteiger partial charge is 0.392 e. The Morgan fingerprint density at radius 1 is 1.32 bits per heavy atom. The molecule has 1 aromatic rings. The molecule has 0 saturated carbocycles. The second-order valence-corrected chi connectivity index (χ2v) is 5.04. The maximum Gasteiger partial charge on any atom is 0.0615 e. The average molecular weight is 279 g/mol. The summed E-state index contributed by atoms with van der Waals surface area (Å²) < 4.78 is 0. The van der Waals surface area contributed by atoms with Gasteiger partial charge in [0.1, 0.15) is 0 Å². The van der Waals surface area contributed by atoms with Crippen LogP contribution in [0.2, 0.25) is 0 Å². The molecular weight excluding hydrogens is 256 g/mol. The first-order valence-corrected chi connectivity index (χ1v) is 7.38. The van der Waals surface area contributed by atoms with Crippen LogP contribution >= 0.6 is 11.6 Å². The van der Waals surface area contributed by atoms with E-state index in [0.29, 0.717) is 0 Å². The number of alkyl halides is 1. The monoisotopic (exact) mass is 278 g/mol. The van der Waals surface area contributed by atoms with Gasteiger partial charge in [-0.15, -0.1) is 11.6 Å². The number of aryl methyl sites for hydroxylation is 1. The van der Waals surface area contributed by atoms with Crippen LogP contribution in [0.5, 0.6) is 0 Å². The number of hydrogen-bond acceptors (Lipinski definition) is 1. The van der Waals surface area contributed by atoms with Gasteiger partial charge in [0, 0.05) is 5.88 Å². The van der Waals surface area contributed by atoms with Crippen LogP contribution < -0.4 is 0 Å². The standard InChI is InChI=1S/C17H23ClO/c1-15(8-5-13-18)7-4-11-16-9-2-3-10-17(16)12-6-14-19/h2-3,6-7,9-10,12,19H,4-5,8,11,13-14H2,1H3/b12-6+,15-7-. The van der Waals surface area contributed by atoms with Crippen molar-refractivity contribution in [3.8, 4) is 0 Å². The molecule has 1 N–H and O–H groups in total. The third-order valence-corrected chi connectivity index (χ3v) is 3.34. The topological polar surface area (TPSA) is 20.2 Å². The maximum absolute atomic E-state index is 8.84. The Morgan fingerprint density at radius 3 is 2.84 bits per heavy atom. The Hall–Kier alpha value is -1.05. The molecule has 0 spiro atoms. The van der Waals surface area contributed by atoms with E-state index in [9.17, 15) is 0 Å². The summed E-state index contributed by atoms with van der Waals surface area (Å²) in [4.78, 5) is 0. The minimum atomic E-state index is 0.0891. The number of rotatable bonds is 8. The fourth-order valence-corrected chi connectivity index (χ4v) is 2.16. The minimum absolute atomic E-state index is 0.0891. The lowest BCUT2D eigenvalue weighted by molar-refractivity contribution is 0.343. The van der Waals surface area contributed by atoms with Gasteiger partial charge < -0.3 is 5.11 Å². The van der Waals surface area contributed by atoms with E-state index in [-0.39, 0.29) is 6.61 Å². The molecule has 0 aromatic heterocycles. The van der Waals surface area contributed by atoms with Crippen LogP contribution in [0.3, 0.4) is 0 Å². The van der Waals surface area contributed by atoms with E-state index in [0.717, 1.165) is 31.6 Å². The zero-order valence-electron chi connectivity index (χ0n) is 11.6. The second kappa shape index (κ2) is 9.82. The van der Waals surface area contributed by atoms with Gasteiger partial charge in [-0.2, -0.15) is 0 Å². The van der Waals surface area contributed by atoms with E-state index in [1.165, 1.54) is 16.7 Å². The number of aliphatic hydroxyl groups excluding tert-OH is 1. The molecule has 0 bridgehead atoms. The van der Waals surface area contributed by atoms with Crippen LogP contribution in [-0.2, 0) is 6.42 Å². The first-order chi connectivity index (χ1) is 9.27. The van der Waals surface area contributed by atoms with Gasteiger partial charge in [0.15, 0.2) is 0 Å². The number of aliphatic hydroxyl groups is 1. The first-order valence-electron chi connectivity index (χ1n) is 6.85. The SMILES string of the molecule is C/C(=C/CCc1ccccc1/C=C/CO)CCCCl. The molecule has 0 atom stereocenters. The van der Waals surface area contributed by atoms with E-state index >= 15 is 0 Å². The molecule has 0 unspecified atom stereocenters. The molecule has 0 heterocycles. The third kappa shape index (κ3) is 6.60. The number of hydrogen-bond donors (Lipinski definition) is 1. The van der Waals surface area contributed by atoms with Crippen LogP contribution in [0, 0.1) is 0 Å². The van der Waals surface area contributed by atoms with Crippen LogP contribution in [0.4, 0.5) is 0 Å². The fourth-order valence-electron chi connectivity index (χ4n) is 2.03. The molecule has 0 radical (unpaired) electrons. The molecule has 0 aliphatic heterocycles. The Bertz CT molecular complexity index is 421. The summed E-state index contributed by atoms with van der Waals surface area (Å²) in [5.41, 5.74) is 3.95. The van der Waals surface area contributed by atoms with Gasteiger partial charge in [-0.25, -0.2) is 0 Å². The normalized spacial score (nSPS) is 12.3. The van der Waals surface area contributed by atoms with E-state index in [2.05, 4.69) is 31.2 Å². The van der Waals surface area contributed by atoms with Gasteiger partial charge in [-0.3, -0.25) is 0 Å². The van der Waals surface area contributed by atoms with Gasteiger partial charge in [0.2, 0.25) is 0 Å². The van der Waals surface area contributed by atoms with E-state index in [1.807, 2.05) is 12.1 Å². The summed E-state index contributed by atoms with van der Waals surface area (Å²) in [6.07, 6.45) is 10.3. The number of allylic oxidation sites excluding steroid dienone is 2. The Morgan fingerprint density at radius 2 is 2.11 bits per heavy atom. The summed E-state index contributed by atoms with van der Waals surface area (Å²) >= 11 is 5.69. The highest BCUT2D eigenvalue weighted by Crippen LogP contribution is 2.14. The molecule has 2 heteroatoms. The summed E-state index contributed by atoms with van der Waals surface area (Å²) in [5.74, 6) is 0.736. The highest BCUT2D eigenvalue weighted by atomic mass is 35.5. The van der Waals surface area contributed by atoms with E-state index in [4.69, 9.17) is 16.7 Å². The minimum Gasteiger partial charge on any atom is -0.392 e. The molecule has 104 valence electrons. The lowest BCUT2D eigenvalue weighted by atomic mass is 10.0. The van der Waals surface area contributed by atoms with Crippen molar-refractivity contribution in [1.29, 1.82) is 0 Å². The second-order valence-electron chi connectivity index (χ2n) is 4.67. The van der Waals surface area contributed by atoms with Gasteiger partial charge in [0.25, 0.3) is 0 Å². The molecule has 1 rings (SSSR count). The zero-order valence-corrected chi connectivity index (χ0v) is 12.4. The fraction of sp³-hybridized carbons (Fsp3) is 0.412. The van der Waals surface area contributed by atoms with E-state index < -0.39 is 0 Å². The predicted octanol–water partition coefficient (Wildman–Crippen LogP) is 4.59. The Labute approximate surface area is 121 Å². The van der Waals surface area contributed by atoms with Crippen LogP contribution in [0.1, 0.15) is 37.3 Å². The molecule has 1 nitrogen and oxygen atoms in total. The quantitative estimate of drug-likeness (QED) is 0.545. The molecule has 0 amide bonds. The van der Waals surface area contributed by atoms with Crippen molar-refractivity contribution in [3.63, 3.8) is 0 Å². The van der Waals surface area contributed by atoms with Crippen molar-refractivity contribution in [2.75, 3.05) is 12.5 Å². The molecule has 19 heavy (non-hydrogen) atoms. The molecule has 0 saturated heterocycles. The van der Waals surface area contributed by atoms with Gasteiger partial charge in [0.05, 0.1) is 6.61 Å². The third-order valence-electron chi connectivity index (χ3n) is 3.07. The van der Waals surface area contributed by atoms with Crippen molar-refractivity contribution < 1.29 is 5.11 Å². The van der Waals surface area contributed by atoms with Crippen molar-refractivity contribution in [2.45, 2.75) is 32.6 Å². The number of halogens is 1. The van der Waals surface area contributed by atoms with E-state index in [1.54, 1.807) is 6.08 Å². The smallest absolute Gasteiger partial charge is 0.0615 e. The highest BCUT2D eigenvalue weighted by Gasteiger charge is 1.98. The van der Waals surface area contributed by atoms with Crippen molar-refractivity contribution in [3.05, 3.63) is 53.1 Å². The average Bonchev–Trinajstić information content (AvgIpc) is 2.44. The molecule has 0 fully saturated rings. The van der Waals surface area contributed by atoms with Gasteiger partial charge in [-0.05, 0) is 43.7 Å².